The van der Waals surface area contributed by atoms with E-state index in [-0.39, 0.29) is 11.7 Å². The van der Waals surface area contributed by atoms with E-state index in [0.29, 0.717) is 34.5 Å². The predicted octanol–water partition coefficient (Wildman–Crippen LogP) is 5.38. The highest BCUT2D eigenvalue weighted by Crippen LogP contribution is 2.38. The molecule has 0 aliphatic carbocycles. The van der Waals surface area contributed by atoms with Gasteiger partial charge < -0.3 is 0 Å². The Morgan fingerprint density at radius 1 is 1.10 bits per heavy atom. The third-order valence-electron chi connectivity index (χ3n) is 5.22. The quantitative estimate of drug-likeness (QED) is 0.514. The summed E-state index contributed by atoms with van der Waals surface area (Å²) in [5.41, 5.74) is 1.74. The Bertz CT molecular complexity index is 1100. The molecule has 0 saturated carbocycles. The first-order valence-electron chi connectivity index (χ1n) is 9.84. The molecule has 1 aromatic carbocycles. The Morgan fingerprint density at radius 3 is 2.66 bits per heavy atom. The number of anilines is 1. The van der Waals surface area contributed by atoms with Gasteiger partial charge in [-0.25, -0.2) is 9.97 Å². The SMILES string of the molecule is CC(C)CCCC(=O)[C@H]1c2ccccc2C(=O)N1c1ccc2ccc(Cl)nc2n1. The van der Waals surface area contributed by atoms with Crippen LogP contribution in [0.15, 0.2) is 48.5 Å². The normalized spacial score (nSPS) is 15.9. The third kappa shape index (κ3) is 3.75. The van der Waals surface area contributed by atoms with Gasteiger partial charge in [-0.05, 0) is 48.2 Å². The van der Waals surface area contributed by atoms with Crippen molar-refractivity contribution in [3.05, 3.63) is 64.8 Å². The molecule has 148 valence electrons. The average molecular weight is 408 g/mol. The van der Waals surface area contributed by atoms with Crippen molar-refractivity contribution in [2.45, 2.75) is 39.2 Å². The first kappa shape index (κ1) is 19.5. The molecule has 4 rings (SSSR count). The number of pyridine rings is 2. The number of Topliss-reactive ketones (excluding diaryl/α,β-unsaturated/α-hetero) is 1. The van der Waals surface area contributed by atoms with E-state index >= 15 is 0 Å². The number of fused-ring (bicyclic) bond motifs is 2. The Morgan fingerprint density at radius 2 is 1.86 bits per heavy atom. The summed E-state index contributed by atoms with van der Waals surface area (Å²) in [4.78, 5) is 36.7. The van der Waals surface area contributed by atoms with Gasteiger partial charge in [0.15, 0.2) is 11.4 Å². The maximum atomic E-state index is 13.2. The van der Waals surface area contributed by atoms with Gasteiger partial charge in [0.2, 0.25) is 0 Å². The summed E-state index contributed by atoms with van der Waals surface area (Å²) in [6, 6.07) is 13.8. The number of aromatic nitrogens is 2. The van der Waals surface area contributed by atoms with Crippen LogP contribution < -0.4 is 4.90 Å². The minimum Gasteiger partial charge on any atom is -0.297 e. The van der Waals surface area contributed by atoms with E-state index in [9.17, 15) is 9.59 Å². The number of amides is 1. The van der Waals surface area contributed by atoms with Crippen molar-refractivity contribution in [2.75, 3.05) is 4.90 Å². The molecule has 3 heterocycles. The molecule has 1 aliphatic rings. The van der Waals surface area contributed by atoms with E-state index in [4.69, 9.17) is 11.6 Å². The lowest BCUT2D eigenvalue weighted by Crippen LogP contribution is -2.33. The van der Waals surface area contributed by atoms with Gasteiger partial charge in [-0.2, -0.15) is 0 Å². The maximum absolute atomic E-state index is 13.2. The molecule has 1 amide bonds. The molecule has 3 aromatic rings. The van der Waals surface area contributed by atoms with Crippen molar-refractivity contribution in [2.24, 2.45) is 5.92 Å². The zero-order valence-electron chi connectivity index (χ0n) is 16.4. The van der Waals surface area contributed by atoms with Gasteiger partial charge in [-0.3, -0.25) is 14.5 Å². The first-order valence-corrected chi connectivity index (χ1v) is 10.2. The standard InChI is InChI=1S/C23H22ClN3O2/c1-14(2)6-5-9-18(28)21-16-7-3-4-8-17(16)23(29)27(21)20-13-11-15-10-12-19(24)25-22(15)26-20/h3-4,7-8,10-14,21H,5-6,9H2,1-2H3/t21-/m1/s1. The number of nitrogens with zero attached hydrogens (tertiary/aromatic N) is 3. The van der Waals surface area contributed by atoms with Crippen LogP contribution in [0.4, 0.5) is 5.82 Å². The van der Waals surface area contributed by atoms with Gasteiger partial charge in [-0.1, -0.05) is 50.1 Å². The van der Waals surface area contributed by atoms with Gasteiger partial charge in [-0.15, -0.1) is 0 Å². The molecule has 0 N–H and O–H groups in total. The smallest absolute Gasteiger partial charge is 0.260 e. The van der Waals surface area contributed by atoms with Crippen LogP contribution in [0.5, 0.6) is 0 Å². The van der Waals surface area contributed by atoms with Gasteiger partial charge in [0.1, 0.15) is 17.0 Å². The molecular formula is C23H22ClN3O2. The van der Waals surface area contributed by atoms with Crippen molar-refractivity contribution in [1.82, 2.24) is 9.97 Å². The largest absolute Gasteiger partial charge is 0.297 e. The lowest BCUT2D eigenvalue weighted by molar-refractivity contribution is -0.120. The lowest BCUT2D eigenvalue weighted by Gasteiger charge is -2.24. The molecule has 0 unspecified atom stereocenters. The molecular weight excluding hydrogens is 386 g/mol. The van der Waals surface area contributed by atoms with E-state index < -0.39 is 6.04 Å². The van der Waals surface area contributed by atoms with E-state index in [1.807, 2.05) is 30.3 Å². The second kappa shape index (κ2) is 7.91. The number of hydrogen-bond donors (Lipinski definition) is 0. The molecule has 6 heteroatoms. The summed E-state index contributed by atoms with van der Waals surface area (Å²) in [5.74, 6) is 0.770. The molecule has 0 saturated heterocycles. The number of carbonyl (C=O) groups excluding carboxylic acids is 2. The topological polar surface area (TPSA) is 63.2 Å². The maximum Gasteiger partial charge on any atom is 0.260 e. The summed E-state index contributed by atoms with van der Waals surface area (Å²) in [7, 11) is 0. The Kier molecular flexibility index (Phi) is 5.33. The van der Waals surface area contributed by atoms with Gasteiger partial charge in [0.25, 0.3) is 5.91 Å². The van der Waals surface area contributed by atoms with Crippen LogP contribution in [0.2, 0.25) is 5.15 Å². The molecule has 0 fully saturated rings. The Labute approximate surface area is 174 Å². The van der Waals surface area contributed by atoms with Crippen LogP contribution in [-0.4, -0.2) is 21.7 Å². The monoisotopic (exact) mass is 407 g/mol. The highest BCUT2D eigenvalue weighted by molar-refractivity contribution is 6.29. The van der Waals surface area contributed by atoms with Crippen LogP contribution in [0, 0.1) is 5.92 Å². The highest BCUT2D eigenvalue weighted by atomic mass is 35.5. The second-order valence-electron chi connectivity index (χ2n) is 7.77. The van der Waals surface area contributed by atoms with E-state index in [0.717, 1.165) is 23.8 Å². The van der Waals surface area contributed by atoms with E-state index in [1.165, 1.54) is 4.90 Å². The van der Waals surface area contributed by atoms with Gasteiger partial charge in [0.05, 0.1) is 0 Å². The van der Waals surface area contributed by atoms with E-state index in [1.54, 1.807) is 18.2 Å². The molecule has 1 aliphatic heterocycles. The molecule has 1 atom stereocenters. The number of rotatable bonds is 6. The number of benzene rings is 1. The number of ketones is 1. The van der Waals surface area contributed by atoms with Crippen molar-refractivity contribution in [1.29, 1.82) is 0 Å². The molecule has 0 bridgehead atoms. The molecule has 0 radical (unpaired) electrons. The van der Waals surface area contributed by atoms with Crippen LogP contribution in [-0.2, 0) is 4.79 Å². The predicted molar refractivity (Wildman–Crippen MR) is 114 cm³/mol. The summed E-state index contributed by atoms with van der Waals surface area (Å²) in [5, 5.41) is 1.15. The zero-order chi connectivity index (χ0) is 20.5. The molecule has 29 heavy (non-hydrogen) atoms. The number of hydrogen-bond acceptors (Lipinski definition) is 4. The van der Waals surface area contributed by atoms with Gasteiger partial charge >= 0.3 is 0 Å². The number of carbonyl (C=O) groups is 2. The van der Waals surface area contributed by atoms with E-state index in [2.05, 4.69) is 23.8 Å². The minimum atomic E-state index is -0.657. The van der Waals surface area contributed by atoms with Crippen LogP contribution >= 0.6 is 11.6 Å². The Hall–Kier alpha value is -2.79. The summed E-state index contributed by atoms with van der Waals surface area (Å²) >= 11 is 6.01. The molecule has 5 nitrogen and oxygen atoms in total. The summed E-state index contributed by atoms with van der Waals surface area (Å²) in [6.45, 7) is 4.28. The van der Waals surface area contributed by atoms with Crippen molar-refractivity contribution in [3.8, 4) is 0 Å². The highest BCUT2D eigenvalue weighted by Gasteiger charge is 2.42. The van der Waals surface area contributed by atoms with Crippen LogP contribution in [0.1, 0.15) is 55.1 Å². The summed E-state index contributed by atoms with van der Waals surface area (Å²) < 4.78 is 0. The van der Waals surface area contributed by atoms with Crippen molar-refractivity contribution in [3.63, 3.8) is 0 Å². The minimum absolute atomic E-state index is 0.0323. The summed E-state index contributed by atoms with van der Waals surface area (Å²) in [6.07, 6.45) is 2.21. The molecule has 2 aromatic heterocycles. The van der Waals surface area contributed by atoms with Crippen LogP contribution in [0.3, 0.4) is 0 Å². The first-order chi connectivity index (χ1) is 14.0. The number of halogens is 1. The molecule has 0 spiro atoms. The second-order valence-corrected chi connectivity index (χ2v) is 8.15. The van der Waals surface area contributed by atoms with Crippen LogP contribution in [0.25, 0.3) is 11.0 Å². The van der Waals surface area contributed by atoms with Crippen molar-refractivity contribution >= 4 is 40.1 Å². The fourth-order valence-corrected chi connectivity index (χ4v) is 3.93. The lowest BCUT2D eigenvalue weighted by atomic mass is 9.96. The van der Waals surface area contributed by atoms with Gasteiger partial charge in [0, 0.05) is 17.4 Å². The Balaban J connectivity index is 1.74. The van der Waals surface area contributed by atoms with Crippen molar-refractivity contribution < 1.29 is 9.59 Å². The fraction of sp³-hybridized carbons (Fsp3) is 0.304. The average Bonchev–Trinajstić information content (AvgIpc) is 3.00. The third-order valence-corrected chi connectivity index (χ3v) is 5.43. The fourth-order valence-electron chi connectivity index (χ4n) is 3.79. The zero-order valence-corrected chi connectivity index (χ0v) is 17.2.